The predicted octanol–water partition coefficient (Wildman–Crippen LogP) is 15.7. The summed E-state index contributed by atoms with van der Waals surface area (Å²) in [5.41, 5.74) is 0. The van der Waals surface area contributed by atoms with E-state index >= 15 is 0 Å². The molecule has 0 heterocycles. The van der Waals surface area contributed by atoms with Crippen molar-refractivity contribution < 1.29 is 28.6 Å². The molecule has 0 rings (SSSR count). The van der Waals surface area contributed by atoms with E-state index in [1.807, 2.05) is 72.9 Å². The minimum atomic E-state index is -0.816. The van der Waals surface area contributed by atoms with Gasteiger partial charge in [0.05, 0.1) is 0 Å². The molecule has 0 amide bonds. The van der Waals surface area contributed by atoms with Crippen molar-refractivity contribution in [2.45, 2.75) is 194 Å². The Bertz CT molecular complexity index is 1340. The lowest BCUT2D eigenvalue weighted by molar-refractivity contribution is -0.167. The minimum Gasteiger partial charge on any atom is -0.462 e. The Labute approximate surface area is 373 Å². The normalized spacial score (nSPS) is 13.2. The third-order valence-corrected chi connectivity index (χ3v) is 9.65. The third kappa shape index (κ3) is 46.7. The van der Waals surface area contributed by atoms with Gasteiger partial charge in [-0.15, -0.1) is 0 Å². The van der Waals surface area contributed by atoms with Crippen molar-refractivity contribution in [2.75, 3.05) is 13.2 Å². The molecular formula is C55H86O6. The molecule has 1 atom stereocenters. The number of esters is 3. The smallest absolute Gasteiger partial charge is 0.306 e. The van der Waals surface area contributed by atoms with E-state index in [-0.39, 0.29) is 37.5 Å². The van der Waals surface area contributed by atoms with Crippen molar-refractivity contribution in [3.63, 3.8) is 0 Å². The minimum absolute atomic E-state index is 0.114. The average molecular weight is 843 g/mol. The van der Waals surface area contributed by atoms with Crippen LogP contribution in [0.25, 0.3) is 0 Å². The van der Waals surface area contributed by atoms with E-state index in [1.165, 1.54) is 38.5 Å². The summed E-state index contributed by atoms with van der Waals surface area (Å²) in [5.74, 6) is -1.01. The number of unbranched alkanes of at least 4 members (excludes halogenated alkanes) is 17. The maximum Gasteiger partial charge on any atom is 0.306 e. The summed E-state index contributed by atoms with van der Waals surface area (Å²) in [6.45, 7) is 6.25. The molecule has 342 valence electrons. The molecular weight excluding hydrogens is 757 g/mol. The van der Waals surface area contributed by atoms with Crippen LogP contribution in [-0.2, 0) is 28.6 Å². The van der Waals surface area contributed by atoms with E-state index in [0.717, 1.165) is 109 Å². The number of hydrogen-bond donors (Lipinski definition) is 0. The van der Waals surface area contributed by atoms with E-state index in [4.69, 9.17) is 14.2 Å². The molecule has 6 nitrogen and oxygen atoms in total. The van der Waals surface area contributed by atoms with Gasteiger partial charge in [0.2, 0.25) is 0 Å². The van der Waals surface area contributed by atoms with Gasteiger partial charge in [0.25, 0.3) is 0 Å². The van der Waals surface area contributed by atoms with E-state index < -0.39 is 6.10 Å². The summed E-state index contributed by atoms with van der Waals surface area (Å²) in [4.78, 5) is 37.9. The summed E-state index contributed by atoms with van der Waals surface area (Å²) in [6, 6.07) is 0. The van der Waals surface area contributed by atoms with Crippen LogP contribution in [0.3, 0.4) is 0 Å². The Kier molecular flexibility index (Phi) is 45.1. The molecule has 0 fully saturated rings. The van der Waals surface area contributed by atoms with Crippen LogP contribution in [0.1, 0.15) is 188 Å². The highest BCUT2D eigenvalue weighted by molar-refractivity contribution is 5.71. The lowest BCUT2D eigenvalue weighted by Gasteiger charge is -2.18. The van der Waals surface area contributed by atoms with Gasteiger partial charge < -0.3 is 14.2 Å². The molecule has 61 heavy (non-hydrogen) atoms. The van der Waals surface area contributed by atoms with Crippen LogP contribution in [0.4, 0.5) is 0 Å². The molecule has 0 aromatic carbocycles. The quantitative estimate of drug-likeness (QED) is 0.0201. The van der Waals surface area contributed by atoms with Gasteiger partial charge in [0, 0.05) is 19.3 Å². The molecule has 0 bridgehead atoms. The Morgan fingerprint density at radius 1 is 0.344 bits per heavy atom. The fourth-order valence-electron chi connectivity index (χ4n) is 6.05. The fraction of sp³-hybridized carbons (Fsp3) is 0.582. The number of ether oxygens (including phenoxy) is 3. The van der Waals surface area contributed by atoms with Gasteiger partial charge in [0.1, 0.15) is 13.2 Å². The topological polar surface area (TPSA) is 78.9 Å². The molecule has 0 radical (unpaired) electrons. The average Bonchev–Trinajstić information content (AvgIpc) is 3.26. The molecule has 0 N–H and O–H groups in total. The molecule has 6 heteroatoms. The van der Waals surface area contributed by atoms with Crippen molar-refractivity contribution in [1.29, 1.82) is 0 Å². The first kappa shape index (κ1) is 56.8. The maximum atomic E-state index is 12.8. The van der Waals surface area contributed by atoms with Gasteiger partial charge in [-0.05, 0) is 83.5 Å². The van der Waals surface area contributed by atoms with E-state index in [2.05, 4.69) is 69.4 Å². The maximum absolute atomic E-state index is 12.8. The highest BCUT2D eigenvalue weighted by atomic mass is 16.6. The molecule has 0 aliphatic rings. The Hall–Kier alpha value is -4.19. The number of carbonyl (C=O) groups excluding carboxylic acids is 3. The first-order valence-electron chi connectivity index (χ1n) is 24.2. The van der Waals surface area contributed by atoms with Crippen molar-refractivity contribution in [1.82, 2.24) is 0 Å². The third-order valence-electron chi connectivity index (χ3n) is 9.65. The monoisotopic (exact) mass is 843 g/mol. The van der Waals surface area contributed by atoms with Crippen molar-refractivity contribution in [2.24, 2.45) is 0 Å². The van der Waals surface area contributed by atoms with Crippen LogP contribution in [-0.4, -0.2) is 37.2 Å². The second-order valence-corrected chi connectivity index (χ2v) is 15.5. The van der Waals surface area contributed by atoms with Crippen molar-refractivity contribution >= 4 is 17.9 Å². The molecule has 0 saturated heterocycles. The van der Waals surface area contributed by atoms with Crippen LogP contribution in [0.5, 0.6) is 0 Å². The molecule has 0 aromatic rings. The number of carbonyl (C=O) groups is 3. The van der Waals surface area contributed by atoms with Gasteiger partial charge in [-0.3, -0.25) is 14.4 Å². The zero-order valence-corrected chi connectivity index (χ0v) is 38.9. The highest BCUT2D eigenvalue weighted by Crippen LogP contribution is 2.12. The van der Waals surface area contributed by atoms with Gasteiger partial charge >= 0.3 is 17.9 Å². The summed E-state index contributed by atoms with van der Waals surface area (Å²) < 4.78 is 16.7. The number of hydrogen-bond acceptors (Lipinski definition) is 6. The summed E-state index contributed by atoms with van der Waals surface area (Å²) >= 11 is 0. The second-order valence-electron chi connectivity index (χ2n) is 15.5. The fourth-order valence-corrected chi connectivity index (χ4v) is 6.05. The van der Waals surface area contributed by atoms with Crippen molar-refractivity contribution in [3.8, 4) is 0 Å². The number of allylic oxidation sites excluding steroid dienone is 20. The molecule has 0 aliphatic carbocycles. The van der Waals surface area contributed by atoms with Gasteiger partial charge in [0.15, 0.2) is 6.10 Å². The molecule has 0 aliphatic heterocycles. The lowest BCUT2D eigenvalue weighted by Crippen LogP contribution is -2.30. The zero-order chi connectivity index (χ0) is 44.4. The lowest BCUT2D eigenvalue weighted by atomic mass is 10.1. The Morgan fingerprint density at radius 3 is 1.07 bits per heavy atom. The van der Waals surface area contributed by atoms with Crippen LogP contribution < -0.4 is 0 Å². The first-order chi connectivity index (χ1) is 30.0. The molecule has 1 unspecified atom stereocenters. The molecule has 0 spiro atoms. The zero-order valence-electron chi connectivity index (χ0n) is 38.9. The SMILES string of the molecule is CC\C=C/C=C\C=C/C=C\C=C/CCCCCC(=O)OCC(COC(=O)CCCCC/C=C\CCCCCCCC)OC(=O)CCCCCCC\C=C/C=C\C=C/C=C\CC. The largest absolute Gasteiger partial charge is 0.462 e. The van der Waals surface area contributed by atoms with Crippen LogP contribution >= 0.6 is 0 Å². The molecule has 0 saturated carbocycles. The predicted molar refractivity (Wildman–Crippen MR) is 260 cm³/mol. The van der Waals surface area contributed by atoms with Crippen molar-refractivity contribution in [3.05, 3.63) is 122 Å². The standard InChI is InChI=1S/C55H86O6/c1-4-7-10-13-16-19-22-25-27-30-33-36-39-42-45-48-54(57)60-51-52(50-59-53(56)47-44-41-38-35-32-29-24-21-18-15-12-9-6-3)61-55(58)49-46-43-40-37-34-31-28-26-23-20-17-14-11-8-5-2/h7-8,10-11,13-14,16-17,19-20,22-23,25-30,32-33,52H,4-6,9,12,15,18,21,24,31,34-51H2,1-3H3/b10-7-,11-8-,16-13-,17-14-,22-19-,23-20-,27-25-,28-26-,32-29-,33-30-. The van der Waals surface area contributed by atoms with Gasteiger partial charge in [-0.1, -0.05) is 206 Å². The first-order valence-corrected chi connectivity index (χ1v) is 24.2. The molecule has 0 aromatic heterocycles. The van der Waals surface area contributed by atoms with E-state index in [0.29, 0.717) is 12.8 Å². The second kappa shape index (κ2) is 48.5. The van der Waals surface area contributed by atoms with Gasteiger partial charge in [-0.2, -0.15) is 0 Å². The van der Waals surface area contributed by atoms with E-state index in [9.17, 15) is 14.4 Å². The van der Waals surface area contributed by atoms with Gasteiger partial charge in [-0.25, -0.2) is 0 Å². The highest BCUT2D eigenvalue weighted by Gasteiger charge is 2.19. The van der Waals surface area contributed by atoms with Crippen LogP contribution in [0.2, 0.25) is 0 Å². The van der Waals surface area contributed by atoms with E-state index in [1.54, 1.807) is 0 Å². The van der Waals surface area contributed by atoms with Crippen LogP contribution in [0, 0.1) is 0 Å². The Balaban J connectivity index is 4.57. The number of rotatable bonds is 41. The summed E-state index contributed by atoms with van der Waals surface area (Å²) in [6.07, 6.45) is 66.0. The summed E-state index contributed by atoms with van der Waals surface area (Å²) in [7, 11) is 0. The van der Waals surface area contributed by atoms with Crippen LogP contribution in [0.15, 0.2) is 122 Å². The Morgan fingerprint density at radius 2 is 0.656 bits per heavy atom. The summed E-state index contributed by atoms with van der Waals surface area (Å²) in [5, 5.41) is 0.